The van der Waals surface area contributed by atoms with Gasteiger partial charge in [0.1, 0.15) is 5.38 Å². The number of rotatable bonds is 4. The van der Waals surface area contributed by atoms with E-state index < -0.39 is 11.3 Å². The Kier molecular flexibility index (Phi) is 4.36. The molecule has 0 amide bonds. The number of alkyl halides is 1. The molecule has 0 radical (unpaired) electrons. The molecule has 0 rings (SSSR count). The summed E-state index contributed by atoms with van der Waals surface area (Å²) in [4.78, 5) is 13.7. The largest absolute Gasteiger partial charge is 0.480 e. The molecule has 0 aliphatic rings. The first-order chi connectivity index (χ1) is 5.04. The Morgan fingerprint density at radius 3 is 2.55 bits per heavy atom. The van der Waals surface area contributed by atoms with E-state index in [4.69, 9.17) is 28.2 Å². The van der Waals surface area contributed by atoms with Gasteiger partial charge < -0.3 is 16.6 Å². The van der Waals surface area contributed by atoms with Gasteiger partial charge in [0.15, 0.2) is 5.96 Å². The van der Waals surface area contributed by atoms with Crippen LogP contribution in [-0.2, 0) is 4.79 Å². The Morgan fingerprint density at radius 2 is 2.18 bits per heavy atom. The van der Waals surface area contributed by atoms with Crippen LogP contribution in [0, 0.1) is 0 Å². The van der Waals surface area contributed by atoms with Gasteiger partial charge in [0.05, 0.1) is 0 Å². The van der Waals surface area contributed by atoms with E-state index in [1.165, 1.54) is 0 Å². The molecule has 5 nitrogen and oxygen atoms in total. The Morgan fingerprint density at radius 1 is 1.64 bits per heavy atom. The fourth-order valence-electron chi connectivity index (χ4n) is 0.430. The summed E-state index contributed by atoms with van der Waals surface area (Å²) in [5.74, 6) is -1.11. The fraction of sp³-hybridized carbons (Fsp3) is 0.600. The van der Waals surface area contributed by atoms with Crippen molar-refractivity contribution in [3.8, 4) is 0 Å². The van der Waals surface area contributed by atoms with E-state index in [2.05, 4.69) is 4.99 Å². The average Bonchev–Trinajstić information content (AvgIpc) is 1.86. The lowest BCUT2D eigenvalue weighted by atomic mass is 10.3. The van der Waals surface area contributed by atoms with Crippen LogP contribution < -0.4 is 11.5 Å². The summed E-state index contributed by atoms with van der Waals surface area (Å²) in [6, 6.07) is 0. The van der Waals surface area contributed by atoms with Crippen LogP contribution >= 0.6 is 11.6 Å². The molecule has 0 spiro atoms. The van der Waals surface area contributed by atoms with Gasteiger partial charge in [-0.05, 0) is 6.42 Å². The van der Waals surface area contributed by atoms with E-state index in [1.54, 1.807) is 0 Å². The third-order valence-corrected chi connectivity index (χ3v) is 1.35. The van der Waals surface area contributed by atoms with Crippen molar-refractivity contribution in [1.82, 2.24) is 0 Å². The van der Waals surface area contributed by atoms with E-state index >= 15 is 0 Å². The molecule has 1 atom stereocenters. The Hall–Kier alpha value is -0.970. The van der Waals surface area contributed by atoms with Crippen molar-refractivity contribution >= 4 is 23.5 Å². The number of halogens is 1. The van der Waals surface area contributed by atoms with Gasteiger partial charge in [0.2, 0.25) is 0 Å². The molecule has 11 heavy (non-hydrogen) atoms. The molecule has 6 heteroatoms. The standard InChI is InChI=1S/C5H10ClN3O2/c6-3(4(10)11)1-2-9-5(7)8/h3H,1-2H2,(H,10,11)(H4,7,8,9). The normalized spacial score (nSPS) is 12.1. The van der Waals surface area contributed by atoms with Gasteiger partial charge in [-0.15, -0.1) is 11.6 Å². The summed E-state index contributed by atoms with van der Waals surface area (Å²) < 4.78 is 0. The maximum absolute atomic E-state index is 10.1. The molecule has 5 N–H and O–H groups in total. The number of nitrogens with two attached hydrogens (primary N) is 2. The van der Waals surface area contributed by atoms with E-state index in [-0.39, 0.29) is 18.9 Å². The van der Waals surface area contributed by atoms with E-state index in [1.807, 2.05) is 0 Å². The predicted molar refractivity (Wildman–Crippen MR) is 42.6 cm³/mol. The summed E-state index contributed by atoms with van der Waals surface area (Å²) in [6.45, 7) is 0.239. The third-order valence-electron chi connectivity index (χ3n) is 0.945. The zero-order valence-electron chi connectivity index (χ0n) is 5.83. The number of carboxylic acid groups (broad SMARTS) is 1. The SMILES string of the molecule is NC(N)=NCCC(Cl)C(=O)O. The van der Waals surface area contributed by atoms with Gasteiger partial charge in [-0.2, -0.15) is 0 Å². The molecule has 0 saturated carbocycles. The van der Waals surface area contributed by atoms with Crippen LogP contribution in [0.2, 0.25) is 0 Å². The van der Waals surface area contributed by atoms with Gasteiger partial charge in [0.25, 0.3) is 0 Å². The highest BCUT2D eigenvalue weighted by Crippen LogP contribution is 2.01. The van der Waals surface area contributed by atoms with Crippen molar-refractivity contribution in [3.05, 3.63) is 0 Å². The van der Waals surface area contributed by atoms with Crippen LogP contribution in [0.25, 0.3) is 0 Å². The minimum absolute atomic E-state index is 0.0562. The first kappa shape index (κ1) is 10.0. The second kappa shape index (κ2) is 4.79. The number of hydrogen-bond acceptors (Lipinski definition) is 2. The molecule has 0 saturated heterocycles. The van der Waals surface area contributed by atoms with E-state index in [0.717, 1.165) is 0 Å². The van der Waals surface area contributed by atoms with Crippen molar-refractivity contribution in [3.63, 3.8) is 0 Å². The summed E-state index contributed by atoms with van der Waals surface area (Å²) in [6.07, 6.45) is 0.231. The monoisotopic (exact) mass is 179 g/mol. The molecule has 0 aromatic heterocycles. The second-order valence-electron chi connectivity index (χ2n) is 1.90. The highest BCUT2D eigenvalue weighted by Gasteiger charge is 2.11. The molecule has 0 aromatic rings. The molecule has 0 aliphatic carbocycles. The first-order valence-electron chi connectivity index (χ1n) is 2.96. The van der Waals surface area contributed by atoms with Crippen LogP contribution in [0.4, 0.5) is 0 Å². The number of carboxylic acids is 1. The fourth-order valence-corrected chi connectivity index (χ4v) is 0.528. The molecule has 0 aromatic carbocycles. The number of nitrogens with zero attached hydrogens (tertiary/aromatic N) is 1. The maximum Gasteiger partial charge on any atom is 0.321 e. The zero-order valence-corrected chi connectivity index (χ0v) is 6.58. The van der Waals surface area contributed by atoms with Gasteiger partial charge in [0, 0.05) is 6.54 Å². The maximum atomic E-state index is 10.1. The van der Waals surface area contributed by atoms with Crippen molar-refractivity contribution in [2.45, 2.75) is 11.8 Å². The number of aliphatic imine (C=N–C) groups is 1. The van der Waals surface area contributed by atoms with Crippen molar-refractivity contribution in [2.75, 3.05) is 6.54 Å². The third kappa shape index (κ3) is 5.47. The number of hydrogen-bond donors (Lipinski definition) is 3. The predicted octanol–water partition coefficient (Wildman–Crippen LogP) is -0.658. The molecule has 0 heterocycles. The van der Waals surface area contributed by atoms with Crippen LogP contribution in [0.15, 0.2) is 4.99 Å². The molecule has 64 valence electrons. The second-order valence-corrected chi connectivity index (χ2v) is 2.43. The Balaban J connectivity index is 3.55. The van der Waals surface area contributed by atoms with Gasteiger partial charge in [-0.25, -0.2) is 0 Å². The van der Waals surface area contributed by atoms with Crippen LogP contribution in [-0.4, -0.2) is 29.0 Å². The van der Waals surface area contributed by atoms with Gasteiger partial charge in [-0.3, -0.25) is 9.79 Å². The van der Waals surface area contributed by atoms with Crippen molar-refractivity contribution in [1.29, 1.82) is 0 Å². The van der Waals surface area contributed by atoms with E-state index in [9.17, 15) is 4.79 Å². The summed E-state index contributed by atoms with van der Waals surface area (Å²) in [5, 5.41) is 7.39. The smallest absolute Gasteiger partial charge is 0.321 e. The Labute approximate surface area is 69.0 Å². The quantitative estimate of drug-likeness (QED) is 0.303. The van der Waals surface area contributed by atoms with E-state index in [0.29, 0.717) is 0 Å². The lowest BCUT2D eigenvalue weighted by Crippen LogP contribution is -2.23. The molecular weight excluding hydrogens is 170 g/mol. The summed E-state index contributed by atoms with van der Waals surface area (Å²) in [7, 11) is 0. The minimum Gasteiger partial charge on any atom is -0.480 e. The first-order valence-corrected chi connectivity index (χ1v) is 3.40. The minimum atomic E-state index is -1.06. The molecular formula is C5H10ClN3O2. The molecule has 1 unspecified atom stereocenters. The van der Waals surface area contributed by atoms with Crippen molar-refractivity contribution in [2.24, 2.45) is 16.5 Å². The number of guanidine groups is 1. The summed E-state index contributed by atoms with van der Waals surface area (Å²) in [5.41, 5.74) is 9.98. The van der Waals surface area contributed by atoms with Crippen LogP contribution in [0.1, 0.15) is 6.42 Å². The topological polar surface area (TPSA) is 102 Å². The summed E-state index contributed by atoms with van der Waals surface area (Å²) >= 11 is 5.35. The lowest BCUT2D eigenvalue weighted by molar-refractivity contribution is -0.136. The van der Waals surface area contributed by atoms with Crippen LogP contribution in [0.5, 0.6) is 0 Å². The molecule has 0 fully saturated rings. The van der Waals surface area contributed by atoms with Crippen LogP contribution in [0.3, 0.4) is 0 Å². The molecule has 0 bridgehead atoms. The zero-order chi connectivity index (χ0) is 8.85. The highest BCUT2D eigenvalue weighted by atomic mass is 35.5. The van der Waals surface area contributed by atoms with Crippen molar-refractivity contribution < 1.29 is 9.90 Å². The lowest BCUT2D eigenvalue weighted by Gasteiger charge is -1.99. The highest BCUT2D eigenvalue weighted by molar-refractivity contribution is 6.29. The number of carbonyl (C=O) groups is 1. The number of aliphatic carboxylic acids is 1. The average molecular weight is 180 g/mol. The van der Waals surface area contributed by atoms with Gasteiger partial charge in [-0.1, -0.05) is 0 Å². The van der Waals surface area contributed by atoms with Gasteiger partial charge >= 0.3 is 5.97 Å². The Bertz CT molecular complexity index is 167. The molecule has 0 aliphatic heterocycles.